The molecule has 3 heteroatoms. The highest BCUT2D eigenvalue weighted by molar-refractivity contribution is 7.99. The lowest BCUT2D eigenvalue weighted by molar-refractivity contribution is 0.605. The Hall–Kier alpha value is -4.73. The number of anilines is 6. The summed E-state index contributed by atoms with van der Waals surface area (Å²) < 4.78 is 0. The summed E-state index contributed by atoms with van der Waals surface area (Å²) >= 11 is 1.93. The smallest absolute Gasteiger partial charge is 0.0502 e. The molecule has 0 atom stereocenters. The van der Waals surface area contributed by atoms with Crippen LogP contribution in [0.2, 0.25) is 0 Å². The molecule has 248 valence electrons. The normalized spacial score (nSPS) is 17.1. The van der Waals surface area contributed by atoms with Crippen molar-refractivity contribution in [2.45, 2.75) is 81.4 Å². The molecule has 3 heterocycles. The average Bonchev–Trinajstić information content (AvgIpc) is 3.10. The Labute approximate surface area is 301 Å². The van der Waals surface area contributed by atoms with Crippen molar-refractivity contribution in [3.63, 3.8) is 0 Å². The van der Waals surface area contributed by atoms with Gasteiger partial charge in [0.15, 0.2) is 0 Å². The summed E-state index contributed by atoms with van der Waals surface area (Å²) in [5.74, 6) is 0. The first kappa shape index (κ1) is 31.3. The van der Waals surface area contributed by atoms with Crippen molar-refractivity contribution < 1.29 is 0 Å². The van der Waals surface area contributed by atoms with E-state index in [2.05, 4.69) is 187 Å². The van der Waals surface area contributed by atoms with Crippen LogP contribution in [0.25, 0.3) is 0 Å². The minimum absolute atomic E-state index is 0.0883. The third kappa shape index (κ3) is 4.23. The molecular formula is C47H44N2S. The molecular weight excluding hydrogens is 625 g/mol. The highest BCUT2D eigenvalue weighted by atomic mass is 32.2. The molecule has 0 fully saturated rings. The Bertz CT molecular complexity index is 2110. The molecule has 0 amide bonds. The first-order valence-corrected chi connectivity index (χ1v) is 18.7. The van der Waals surface area contributed by atoms with E-state index in [-0.39, 0.29) is 16.2 Å². The second kappa shape index (κ2) is 10.6. The average molecular weight is 669 g/mol. The molecule has 3 aliphatic rings. The molecule has 0 aromatic heterocycles. The Morgan fingerprint density at radius 3 is 0.960 bits per heavy atom. The maximum absolute atomic E-state index is 2.52. The van der Waals surface area contributed by atoms with Crippen molar-refractivity contribution in [2.24, 2.45) is 0 Å². The van der Waals surface area contributed by atoms with E-state index >= 15 is 0 Å². The van der Waals surface area contributed by atoms with E-state index in [1.807, 2.05) is 11.8 Å². The number of benzene rings is 6. The van der Waals surface area contributed by atoms with Gasteiger partial charge in [-0.1, -0.05) is 126 Å². The number of hydrogen-bond donors (Lipinski definition) is 0. The predicted molar refractivity (Wildman–Crippen MR) is 212 cm³/mol. The third-order valence-corrected chi connectivity index (χ3v) is 13.0. The van der Waals surface area contributed by atoms with Gasteiger partial charge in [0.25, 0.3) is 0 Å². The van der Waals surface area contributed by atoms with Crippen LogP contribution in [0, 0.1) is 13.8 Å². The molecule has 0 radical (unpaired) electrons. The van der Waals surface area contributed by atoms with Gasteiger partial charge >= 0.3 is 0 Å². The number of nitrogens with zero attached hydrogens (tertiary/aromatic N) is 2. The molecule has 0 N–H and O–H groups in total. The van der Waals surface area contributed by atoms with Crippen molar-refractivity contribution in [3.05, 3.63) is 166 Å². The van der Waals surface area contributed by atoms with Gasteiger partial charge in [-0.15, -0.1) is 0 Å². The SMILES string of the molecule is Cc1cc2c(cc1N1c3ccccc3C(C)(C)c3ccccc31)C(C)(C)c1cc(N3c4ccccc4C(C)(C)c4ccccc43)c(C)cc1S2. The van der Waals surface area contributed by atoms with Gasteiger partial charge < -0.3 is 9.80 Å². The summed E-state index contributed by atoms with van der Waals surface area (Å²) in [6.45, 7) is 18.8. The zero-order valence-corrected chi connectivity index (χ0v) is 31.2. The van der Waals surface area contributed by atoms with Crippen molar-refractivity contribution in [1.82, 2.24) is 0 Å². The van der Waals surface area contributed by atoms with Gasteiger partial charge in [0.2, 0.25) is 0 Å². The summed E-state index contributed by atoms with van der Waals surface area (Å²) in [5, 5.41) is 0. The third-order valence-electron chi connectivity index (χ3n) is 11.9. The zero-order valence-electron chi connectivity index (χ0n) is 30.3. The van der Waals surface area contributed by atoms with E-state index in [0.717, 1.165) is 0 Å². The maximum atomic E-state index is 2.52. The fourth-order valence-corrected chi connectivity index (χ4v) is 10.6. The Balaban J connectivity index is 1.22. The lowest BCUT2D eigenvalue weighted by Gasteiger charge is -2.44. The van der Waals surface area contributed by atoms with E-state index in [0.29, 0.717) is 0 Å². The lowest BCUT2D eigenvalue weighted by Crippen LogP contribution is -2.32. The molecule has 0 saturated carbocycles. The van der Waals surface area contributed by atoms with E-state index in [1.165, 1.54) is 88.4 Å². The van der Waals surface area contributed by atoms with Crippen LogP contribution < -0.4 is 9.80 Å². The molecule has 3 aliphatic heterocycles. The van der Waals surface area contributed by atoms with Gasteiger partial charge in [-0.2, -0.15) is 0 Å². The number of rotatable bonds is 2. The molecule has 50 heavy (non-hydrogen) atoms. The zero-order chi connectivity index (χ0) is 34.7. The molecule has 6 aromatic carbocycles. The molecule has 0 bridgehead atoms. The van der Waals surface area contributed by atoms with Crippen molar-refractivity contribution in [1.29, 1.82) is 0 Å². The Morgan fingerprint density at radius 1 is 0.360 bits per heavy atom. The summed E-state index contributed by atoms with van der Waals surface area (Å²) in [4.78, 5) is 7.74. The Kier molecular flexibility index (Phi) is 6.65. The lowest BCUT2D eigenvalue weighted by atomic mass is 9.73. The summed E-state index contributed by atoms with van der Waals surface area (Å²) in [7, 11) is 0. The van der Waals surface area contributed by atoms with Crippen LogP contribution in [0.15, 0.2) is 131 Å². The van der Waals surface area contributed by atoms with Gasteiger partial charge in [-0.25, -0.2) is 0 Å². The van der Waals surface area contributed by atoms with Gasteiger partial charge in [0, 0.05) is 37.4 Å². The second-order valence-electron chi connectivity index (χ2n) is 16.0. The summed E-state index contributed by atoms with van der Waals surface area (Å²) in [5.41, 5.74) is 18.0. The van der Waals surface area contributed by atoms with E-state index in [1.54, 1.807) is 0 Å². The van der Waals surface area contributed by atoms with E-state index in [9.17, 15) is 0 Å². The summed E-state index contributed by atoms with van der Waals surface area (Å²) in [6.07, 6.45) is 0. The first-order valence-electron chi connectivity index (χ1n) is 17.9. The van der Waals surface area contributed by atoms with Gasteiger partial charge in [-0.3, -0.25) is 0 Å². The minimum Gasteiger partial charge on any atom is -0.310 e. The quantitative estimate of drug-likeness (QED) is 0.181. The van der Waals surface area contributed by atoms with Crippen molar-refractivity contribution >= 4 is 45.9 Å². The van der Waals surface area contributed by atoms with Crippen LogP contribution >= 0.6 is 11.8 Å². The molecule has 0 spiro atoms. The molecule has 0 unspecified atom stereocenters. The largest absolute Gasteiger partial charge is 0.310 e. The van der Waals surface area contributed by atoms with E-state index < -0.39 is 0 Å². The number of fused-ring (bicyclic) bond motifs is 6. The van der Waals surface area contributed by atoms with Gasteiger partial charge in [0.05, 0.1) is 22.7 Å². The summed E-state index contributed by atoms with van der Waals surface area (Å²) in [6, 6.07) is 45.8. The maximum Gasteiger partial charge on any atom is 0.0502 e. The standard InChI is InChI=1S/C47H44N2S/c1-29-25-43-35(27-41(29)48-37-21-13-9-17-31(37)45(3,4)32-18-10-14-22-38(32)48)47(7,8)36-28-42(30(2)26-44(36)50-43)49-39-23-15-11-19-33(39)46(5,6)34-20-12-16-24-40(34)49/h9-28H,1-8H3. The van der Waals surface area contributed by atoms with Gasteiger partial charge in [-0.05, 0) is 107 Å². The van der Waals surface area contributed by atoms with E-state index in [4.69, 9.17) is 0 Å². The second-order valence-corrected chi connectivity index (χ2v) is 17.1. The minimum atomic E-state index is -0.219. The monoisotopic (exact) mass is 668 g/mol. The fourth-order valence-electron chi connectivity index (χ4n) is 9.09. The highest BCUT2D eigenvalue weighted by Gasteiger charge is 2.41. The van der Waals surface area contributed by atoms with Crippen LogP contribution in [0.4, 0.5) is 34.1 Å². The molecule has 0 saturated heterocycles. The molecule has 9 rings (SSSR count). The Morgan fingerprint density at radius 2 is 0.640 bits per heavy atom. The van der Waals surface area contributed by atoms with Crippen molar-refractivity contribution in [3.8, 4) is 0 Å². The van der Waals surface area contributed by atoms with Crippen LogP contribution in [0.3, 0.4) is 0 Å². The van der Waals surface area contributed by atoms with Gasteiger partial charge in [0.1, 0.15) is 0 Å². The number of hydrogen-bond acceptors (Lipinski definition) is 3. The van der Waals surface area contributed by atoms with Crippen LogP contribution in [-0.2, 0) is 16.2 Å². The van der Waals surface area contributed by atoms with Crippen LogP contribution in [0.1, 0.15) is 86.1 Å². The topological polar surface area (TPSA) is 6.48 Å². The number of para-hydroxylation sites is 4. The van der Waals surface area contributed by atoms with Crippen molar-refractivity contribution in [2.75, 3.05) is 9.80 Å². The highest BCUT2D eigenvalue weighted by Crippen LogP contribution is 2.58. The van der Waals surface area contributed by atoms with Crippen LogP contribution in [-0.4, -0.2) is 0 Å². The first-order chi connectivity index (χ1) is 23.9. The fraction of sp³-hybridized carbons (Fsp3) is 0.234. The molecule has 6 aromatic rings. The molecule has 2 nitrogen and oxygen atoms in total. The predicted octanol–water partition coefficient (Wildman–Crippen LogP) is 13.3. The molecule has 0 aliphatic carbocycles. The van der Waals surface area contributed by atoms with Crippen LogP contribution in [0.5, 0.6) is 0 Å². The number of aryl methyl sites for hydroxylation is 2.